The standard InChI is InChI=1S/C10H14F4O2/c11-9(10(12,13)14)7-3-1-6(2-4-7)5-8(15)16/h6-7,9H,1-5H2,(H,15,16). The van der Waals surface area contributed by atoms with Crippen LogP contribution in [0.15, 0.2) is 0 Å². The molecule has 0 saturated heterocycles. The second-order valence-corrected chi connectivity index (χ2v) is 4.32. The second-order valence-electron chi connectivity index (χ2n) is 4.32. The van der Waals surface area contributed by atoms with Gasteiger partial charge in [-0.2, -0.15) is 13.2 Å². The largest absolute Gasteiger partial charge is 0.481 e. The Morgan fingerprint density at radius 2 is 1.75 bits per heavy atom. The lowest BCUT2D eigenvalue weighted by Crippen LogP contribution is -2.34. The molecule has 0 aromatic heterocycles. The van der Waals surface area contributed by atoms with Crippen LogP contribution in [0, 0.1) is 11.8 Å². The van der Waals surface area contributed by atoms with Crippen molar-refractivity contribution in [2.75, 3.05) is 0 Å². The Morgan fingerprint density at radius 3 is 2.12 bits per heavy atom. The van der Waals surface area contributed by atoms with Gasteiger partial charge in [-0.05, 0) is 37.5 Å². The van der Waals surface area contributed by atoms with Crippen molar-refractivity contribution in [2.45, 2.75) is 44.5 Å². The third-order valence-corrected chi connectivity index (χ3v) is 3.08. The molecule has 0 heterocycles. The van der Waals surface area contributed by atoms with E-state index in [0.29, 0.717) is 12.8 Å². The summed E-state index contributed by atoms with van der Waals surface area (Å²) in [4.78, 5) is 10.4. The second kappa shape index (κ2) is 5.01. The molecule has 0 radical (unpaired) electrons. The maximum absolute atomic E-state index is 12.9. The number of carbonyl (C=O) groups is 1. The summed E-state index contributed by atoms with van der Waals surface area (Å²) in [5.41, 5.74) is 0. The molecule has 1 atom stereocenters. The molecule has 0 bridgehead atoms. The Kier molecular flexibility index (Phi) is 4.15. The summed E-state index contributed by atoms with van der Waals surface area (Å²) in [5, 5.41) is 8.52. The lowest BCUT2D eigenvalue weighted by Gasteiger charge is -2.30. The topological polar surface area (TPSA) is 37.3 Å². The van der Waals surface area contributed by atoms with Gasteiger partial charge in [0.1, 0.15) is 0 Å². The highest BCUT2D eigenvalue weighted by Gasteiger charge is 2.46. The molecule has 0 aliphatic heterocycles. The van der Waals surface area contributed by atoms with E-state index in [-0.39, 0.29) is 25.2 Å². The van der Waals surface area contributed by atoms with Gasteiger partial charge in [0.25, 0.3) is 0 Å². The molecule has 2 nitrogen and oxygen atoms in total. The van der Waals surface area contributed by atoms with Crippen molar-refractivity contribution in [1.82, 2.24) is 0 Å². The maximum atomic E-state index is 12.9. The zero-order valence-corrected chi connectivity index (χ0v) is 8.63. The third-order valence-electron chi connectivity index (χ3n) is 3.08. The molecule has 0 amide bonds. The van der Waals surface area contributed by atoms with Gasteiger partial charge in [-0.3, -0.25) is 4.79 Å². The molecule has 6 heteroatoms. The molecule has 1 rings (SSSR count). The van der Waals surface area contributed by atoms with Crippen molar-refractivity contribution < 1.29 is 27.5 Å². The molecular weight excluding hydrogens is 228 g/mol. The Hall–Kier alpha value is -0.810. The SMILES string of the molecule is O=C(O)CC1CCC(C(F)C(F)(F)F)CC1. The summed E-state index contributed by atoms with van der Waals surface area (Å²) in [6, 6.07) is 0. The highest BCUT2D eigenvalue weighted by molar-refractivity contribution is 5.67. The van der Waals surface area contributed by atoms with E-state index in [1.54, 1.807) is 0 Å². The molecule has 1 fully saturated rings. The van der Waals surface area contributed by atoms with Gasteiger partial charge in [0, 0.05) is 6.42 Å². The molecule has 1 unspecified atom stereocenters. The van der Waals surface area contributed by atoms with Gasteiger partial charge in [0.05, 0.1) is 0 Å². The highest BCUT2D eigenvalue weighted by atomic mass is 19.4. The van der Waals surface area contributed by atoms with Crippen LogP contribution in [-0.2, 0) is 4.79 Å². The number of carboxylic acid groups (broad SMARTS) is 1. The summed E-state index contributed by atoms with van der Waals surface area (Å²) in [6.07, 6.45) is -6.60. The van der Waals surface area contributed by atoms with Gasteiger partial charge < -0.3 is 5.11 Å². The van der Waals surface area contributed by atoms with Gasteiger partial charge in [0.15, 0.2) is 6.17 Å². The van der Waals surface area contributed by atoms with Crippen molar-refractivity contribution in [1.29, 1.82) is 0 Å². The first kappa shape index (κ1) is 13.3. The van der Waals surface area contributed by atoms with Crippen LogP contribution in [0.5, 0.6) is 0 Å². The van der Waals surface area contributed by atoms with E-state index in [0.717, 1.165) is 0 Å². The van der Waals surface area contributed by atoms with E-state index in [9.17, 15) is 22.4 Å². The molecule has 1 aliphatic carbocycles. The Bertz CT molecular complexity index is 244. The van der Waals surface area contributed by atoms with E-state index in [1.165, 1.54) is 0 Å². The molecule has 1 saturated carbocycles. The van der Waals surface area contributed by atoms with Gasteiger partial charge in [-0.15, -0.1) is 0 Å². The fourth-order valence-corrected chi connectivity index (χ4v) is 2.20. The van der Waals surface area contributed by atoms with Gasteiger partial charge >= 0.3 is 12.1 Å². The Labute approximate surface area is 90.6 Å². The van der Waals surface area contributed by atoms with E-state index in [1.807, 2.05) is 0 Å². The first-order chi connectivity index (χ1) is 7.30. The first-order valence-corrected chi connectivity index (χ1v) is 5.23. The predicted octanol–water partition coefficient (Wildman–Crippen LogP) is 3.17. The number of rotatable bonds is 3. The molecule has 1 aliphatic rings. The van der Waals surface area contributed by atoms with Crippen LogP contribution >= 0.6 is 0 Å². The van der Waals surface area contributed by atoms with Crippen LogP contribution in [0.2, 0.25) is 0 Å². The summed E-state index contributed by atoms with van der Waals surface area (Å²) in [5.74, 6) is -2.05. The molecule has 0 aromatic rings. The number of hydrogen-bond acceptors (Lipinski definition) is 1. The number of hydrogen-bond donors (Lipinski definition) is 1. The average Bonchev–Trinajstić information content (AvgIpc) is 2.15. The smallest absolute Gasteiger partial charge is 0.419 e. The van der Waals surface area contributed by atoms with Crippen LogP contribution in [-0.4, -0.2) is 23.4 Å². The average molecular weight is 242 g/mol. The first-order valence-electron chi connectivity index (χ1n) is 5.23. The van der Waals surface area contributed by atoms with Crippen molar-refractivity contribution in [2.24, 2.45) is 11.8 Å². The zero-order valence-electron chi connectivity index (χ0n) is 8.63. The highest BCUT2D eigenvalue weighted by Crippen LogP contribution is 2.39. The van der Waals surface area contributed by atoms with Crippen LogP contribution in [0.3, 0.4) is 0 Å². The van der Waals surface area contributed by atoms with E-state index in [4.69, 9.17) is 5.11 Å². The monoisotopic (exact) mass is 242 g/mol. The third kappa shape index (κ3) is 3.64. The van der Waals surface area contributed by atoms with Crippen molar-refractivity contribution in [3.05, 3.63) is 0 Å². The zero-order chi connectivity index (χ0) is 12.3. The summed E-state index contributed by atoms with van der Waals surface area (Å²) >= 11 is 0. The molecule has 0 aromatic carbocycles. The summed E-state index contributed by atoms with van der Waals surface area (Å²) in [7, 11) is 0. The number of aliphatic carboxylic acids is 1. The fraction of sp³-hybridized carbons (Fsp3) is 0.900. The van der Waals surface area contributed by atoms with Gasteiger partial charge in [-0.25, -0.2) is 4.39 Å². The molecule has 1 N–H and O–H groups in total. The molecule has 94 valence electrons. The Balaban J connectivity index is 2.40. The number of carboxylic acids is 1. The van der Waals surface area contributed by atoms with E-state index < -0.39 is 24.2 Å². The van der Waals surface area contributed by atoms with Crippen molar-refractivity contribution in [3.8, 4) is 0 Å². The molecular formula is C10H14F4O2. The maximum Gasteiger partial charge on any atom is 0.419 e. The van der Waals surface area contributed by atoms with Crippen LogP contribution in [0.4, 0.5) is 17.6 Å². The van der Waals surface area contributed by atoms with Crippen molar-refractivity contribution >= 4 is 5.97 Å². The van der Waals surface area contributed by atoms with E-state index in [2.05, 4.69) is 0 Å². The number of halogens is 4. The number of alkyl halides is 4. The summed E-state index contributed by atoms with van der Waals surface area (Å²) < 4.78 is 49.2. The minimum Gasteiger partial charge on any atom is -0.481 e. The quantitative estimate of drug-likeness (QED) is 0.772. The minimum atomic E-state index is -4.79. The van der Waals surface area contributed by atoms with Crippen molar-refractivity contribution in [3.63, 3.8) is 0 Å². The normalized spacial score (nSPS) is 28.8. The van der Waals surface area contributed by atoms with Crippen LogP contribution in [0.25, 0.3) is 0 Å². The van der Waals surface area contributed by atoms with Gasteiger partial charge in [0.2, 0.25) is 0 Å². The predicted molar refractivity (Wildman–Crippen MR) is 48.7 cm³/mol. The van der Waals surface area contributed by atoms with E-state index >= 15 is 0 Å². The minimum absolute atomic E-state index is 0.0321. The van der Waals surface area contributed by atoms with Crippen LogP contribution in [0.1, 0.15) is 32.1 Å². The fourth-order valence-electron chi connectivity index (χ4n) is 2.20. The lowest BCUT2D eigenvalue weighted by atomic mass is 9.78. The summed E-state index contributed by atoms with van der Waals surface area (Å²) in [6.45, 7) is 0. The van der Waals surface area contributed by atoms with Crippen LogP contribution < -0.4 is 0 Å². The lowest BCUT2D eigenvalue weighted by molar-refractivity contribution is -0.198. The van der Waals surface area contributed by atoms with Gasteiger partial charge in [-0.1, -0.05) is 0 Å². The molecule has 0 spiro atoms. The Morgan fingerprint density at radius 1 is 1.25 bits per heavy atom. The molecule has 16 heavy (non-hydrogen) atoms.